The van der Waals surface area contributed by atoms with Gasteiger partial charge in [0.1, 0.15) is 0 Å². The van der Waals surface area contributed by atoms with Crippen molar-refractivity contribution in [2.75, 3.05) is 0 Å². The number of hydrogen-bond acceptors (Lipinski definition) is 8. The summed E-state index contributed by atoms with van der Waals surface area (Å²) < 4.78 is 68.2. The molecule has 0 rings (SSSR count). The van der Waals surface area contributed by atoms with Gasteiger partial charge in [0, 0.05) is 20.8 Å². The van der Waals surface area contributed by atoms with Crippen molar-refractivity contribution < 1.29 is 188 Å². The largest absolute Gasteiger partial charge is 2.00 e. The van der Waals surface area contributed by atoms with E-state index in [1.807, 2.05) is 0 Å². The number of hydrogen-bond donors (Lipinski definition) is 0. The van der Waals surface area contributed by atoms with Crippen molar-refractivity contribution in [3.05, 3.63) is 0 Å². The fraction of sp³-hybridized carbons (Fsp3) is 0. The van der Waals surface area contributed by atoms with Gasteiger partial charge >= 0.3 is 120 Å². The van der Waals surface area contributed by atoms with Gasteiger partial charge in [0.15, 0.2) is 0 Å². The minimum atomic E-state index is -5.17. The van der Waals surface area contributed by atoms with Gasteiger partial charge in [-0.05, 0) is 0 Å². The SMILES string of the molecule is O=S(=O)([O-])[O-].O=S(=O)([O-])[O-].[Fe+2].[K+].[K+].[OH3+].[OH3+].[OH3+].[OH3+].[OH3+].[OH3+]. The van der Waals surface area contributed by atoms with Gasteiger partial charge < -0.3 is 51.1 Å². The smallest absolute Gasteiger partial charge is 0.759 e. The summed E-state index contributed by atoms with van der Waals surface area (Å²) in [5.41, 5.74) is 0. The predicted molar refractivity (Wildman–Crippen MR) is 50.2 cm³/mol. The predicted octanol–water partition coefficient (Wildman–Crippen LogP) is -14.2. The van der Waals surface area contributed by atoms with Crippen molar-refractivity contribution in [3.8, 4) is 0 Å². The Labute approximate surface area is 204 Å². The van der Waals surface area contributed by atoms with E-state index in [1.54, 1.807) is 0 Å². The Hall–Kier alpha value is 3.29. The van der Waals surface area contributed by atoms with Crippen molar-refractivity contribution in [1.29, 1.82) is 0 Å². The molecule has 0 aliphatic carbocycles. The fourth-order valence-electron chi connectivity index (χ4n) is 0. The molecule has 118 valence electrons. The first-order chi connectivity index (χ1) is 4.00. The van der Waals surface area contributed by atoms with Crippen LogP contribution in [-0.4, -0.2) is 35.0 Å². The third kappa shape index (κ3) is 731. The first-order valence-electron chi connectivity index (χ1n) is 1.33. The minimum absolute atomic E-state index is 0. The van der Waals surface area contributed by atoms with Crippen LogP contribution in [0, 0.1) is 0 Å². The molecule has 0 amide bonds. The first kappa shape index (κ1) is 79.3. The Morgan fingerprint density at radius 3 is 0.474 bits per heavy atom. The Morgan fingerprint density at radius 2 is 0.474 bits per heavy atom. The van der Waals surface area contributed by atoms with Gasteiger partial charge in [0.05, 0.1) is 0 Å². The molecule has 0 radical (unpaired) electrons. The topological polar surface area (TPSA) is 359 Å². The Morgan fingerprint density at radius 1 is 0.474 bits per heavy atom. The van der Waals surface area contributed by atoms with Crippen LogP contribution < -0.4 is 103 Å². The Balaban J connectivity index is -0.00000000508. The van der Waals surface area contributed by atoms with E-state index in [0.29, 0.717) is 0 Å². The molecule has 0 aromatic heterocycles. The van der Waals surface area contributed by atoms with E-state index in [1.165, 1.54) is 0 Å². The van der Waals surface area contributed by atoms with Crippen LogP contribution >= 0.6 is 0 Å². The molecule has 0 aromatic carbocycles. The summed E-state index contributed by atoms with van der Waals surface area (Å²) in [6.45, 7) is 0. The molecule has 0 atom stereocenters. The molecule has 0 aliphatic heterocycles. The van der Waals surface area contributed by atoms with Crippen LogP contribution in [0.15, 0.2) is 0 Å². The first-order valence-corrected chi connectivity index (χ1v) is 4.00. The molecule has 0 fully saturated rings. The van der Waals surface area contributed by atoms with Gasteiger partial charge in [-0.3, -0.25) is 16.8 Å². The quantitative estimate of drug-likeness (QED) is 0.150. The molecule has 14 nitrogen and oxygen atoms in total. The van der Waals surface area contributed by atoms with E-state index >= 15 is 0 Å². The summed E-state index contributed by atoms with van der Waals surface area (Å²) in [6, 6.07) is 0. The third-order valence-electron chi connectivity index (χ3n) is 0. The van der Waals surface area contributed by atoms with E-state index in [-0.39, 0.29) is 153 Å². The molecule has 0 aromatic rings. The fourth-order valence-corrected chi connectivity index (χ4v) is 0. The van der Waals surface area contributed by atoms with Crippen LogP contribution in [0.2, 0.25) is 0 Å². The Kier molecular flexibility index (Phi) is 156. The van der Waals surface area contributed by atoms with Crippen molar-refractivity contribution >= 4 is 20.8 Å². The zero-order valence-corrected chi connectivity index (χ0v) is 18.9. The van der Waals surface area contributed by atoms with E-state index < -0.39 is 20.8 Å². The van der Waals surface area contributed by atoms with Crippen molar-refractivity contribution in [3.63, 3.8) is 0 Å². The summed E-state index contributed by atoms with van der Waals surface area (Å²) in [6.07, 6.45) is 0. The average molecular weight is 440 g/mol. The molecule has 18 N–H and O–H groups in total. The number of rotatable bonds is 0. The maximum Gasteiger partial charge on any atom is 2.00 e. The summed E-state index contributed by atoms with van der Waals surface area (Å²) in [5, 5.41) is 0. The Bertz CT molecular complexity index is 220. The summed E-state index contributed by atoms with van der Waals surface area (Å²) in [5.74, 6) is 0. The molecule has 19 heavy (non-hydrogen) atoms. The van der Waals surface area contributed by atoms with Crippen LogP contribution in [0.4, 0.5) is 0 Å². The van der Waals surface area contributed by atoms with Crippen LogP contribution in [0.25, 0.3) is 0 Å². The van der Waals surface area contributed by atoms with E-state index in [2.05, 4.69) is 0 Å². The van der Waals surface area contributed by atoms with Gasteiger partial charge in [-0.15, -0.1) is 0 Å². The van der Waals surface area contributed by atoms with Gasteiger partial charge in [0.25, 0.3) is 0 Å². The molecule has 0 saturated carbocycles. The molecule has 0 spiro atoms. The molecule has 0 unspecified atom stereocenters. The molecule has 0 saturated heterocycles. The molecular weight excluding hydrogens is 422 g/mol. The van der Waals surface area contributed by atoms with Gasteiger partial charge in [-0.2, -0.15) is 0 Å². The van der Waals surface area contributed by atoms with Crippen molar-refractivity contribution in [2.45, 2.75) is 0 Å². The van der Waals surface area contributed by atoms with Crippen LogP contribution in [0.1, 0.15) is 0 Å². The van der Waals surface area contributed by atoms with Crippen molar-refractivity contribution in [1.82, 2.24) is 0 Å². The van der Waals surface area contributed by atoms with Crippen LogP contribution in [0.5, 0.6) is 0 Å². The van der Waals surface area contributed by atoms with Crippen LogP contribution in [0.3, 0.4) is 0 Å². The molecule has 0 aliphatic rings. The maximum atomic E-state index is 8.52. The third-order valence-corrected chi connectivity index (χ3v) is 0. The standard InChI is InChI=1S/Fe.2K.2H2O4S.6H2O/c;;;2*1-5(2,3)4;;;;;;/h;;;2*(H2,1,2,3,4);6*1H2/q+2;2*+1;;;;;;;;/p+2. The molecular formula is H18FeK2O14S2+6. The maximum absolute atomic E-state index is 8.52. The second kappa shape index (κ2) is 37.5. The minimum Gasteiger partial charge on any atom is -0.759 e. The van der Waals surface area contributed by atoms with Gasteiger partial charge in [-0.1, -0.05) is 0 Å². The molecule has 0 heterocycles. The van der Waals surface area contributed by atoms with E-state index in [0.717, 1.165) is 0 Å². The summed E-state index contributed by atoms with van der Waals surface area (Å²) >= 11 is 0. The van der Waals surface area contributed by atoms with Gasteiger partial charge in [0.2, 0.25) is 0 Å². The average Bonchev–Trinajstić information content (AvgIpc) is 1.12. The van der Waals surface area contributed by atoms with E-state index in [9.17, 15) is 0 Å². The monoisotopic (exact) mass is 440 g/mol. The summed E-state index contributed by atoms with van der Waals surface area (Å²) in [7, 11) is -10.3. The summed E-state index contributed by atoms with van der Waals surface area (Å²) in [4.78, 5) is 0. The normalized spacial score (nSPS) is 6.11. The molecule has 0 bridgehead atoms. The molecule has 19 heteroatoms. The zero-order valence-electron chi connectivity index (χ0n) is 9.90. The second-order valence-electron chi connectivity index (χ2n) is 0.816. The zero-order chi connectivity index (χ0) is 9.00. The van der Waals surface area contributed by atoms with Crippen molar-refractivity contribution in [2.24, 2.45) is 0 Å². The van der Waals surface area contributed by atoms with E-state index in [4.69, 9.17) is 35.0 Å². The second-order valence-corrected chi connectivity index (χ2v) is 2.45. The van der Waals surface area contributed by atoms with Crippen LogP contribution in [-0.2, 0) is 70.7 Å². The van der Waals surface area contributed by atoms with Gasteiger partial charge in [-0.25, -0.2) is 0 Å².